The lowest BCUT2D eigenvalue weighted by Gasteiger charge is -2.23. The standard InChI is InChI=1S/C15H12F2N4O3S/c1-25-15-20-12-11(14(24)21-15)7(5-10(22)19-12)13(23)18-9-4-6(16)2-3-8(9)17/h2-4,7H,5H2,1H3,(H,18,23)(H2,19,20,21,22,24)/t7-/m1/s1. The van der Waals surface area contributed by atoms with E-state index in [1.54, 1.807) is 6.26 Å². The molecule has 0 fully saturated rings. The molecule has 0 aliphatic carbocycles. The van der Waals surface area contributed by atoms with Gasteiger partial charge in [0.15, 0.2) is 5.16 Å². The van der Waals surface area contributed by atoms with E-state index in [-0.39, 0.29) is 28.6 Å². The van der Waals surface area contributed by atoms with Crippen LogP contribution in [0.5, 0.6) is 0 Å². The molecule has 3 rings (SSSR count). The number of H-pyrrole nitrogens is 1. The Morgan fingerprint density at radius 3 is 2.84 bits per heavy atom. The van der Waals surface area contributed by atoms with E-state index in [1.807, 2.05) is 0 Å². The van der Waals surface area contributed by atoms with Crippen molar-refractivity contribution in [2.24, 2.45) is 0 Å². The molecule has 2 amide bonds. The lowest BCUT2D eigenvalue weighted by molar-refractivity contribution is -0.123. The first-order valence-electron chi connectivity index (χ1n) is 7.13. The van der Waals surface area contributed by atoms with Crippen molar-refractivity contribution in [2.75, 3.05) is 16.9 Å². The third-order valence-corrected chi connectivity index (χ3v) is 4.21. The lowest BCUT2D eigenvalue weighted by atomic mass is 9.92. The van der Waals surface area contributed by atoms with Gasteiger partial charge in [0.2, 0.25) is 11.8 Å². The van der Waals surface area contributed by atoms with Crippen molar-refractivity contribution >= 4 is 35.1 Å². The Labute approximate surface area is 144 Å². The van der Waals surface area contributed by atoms with Gasteiger partial charge in [-0.25, -0.2) is 13.8 Å². The zero-order valence-electron chi connectivity index (χ0n) is 12.9. The third-order valence-electron chi connectivity index (χ3n) is 3.63. The molecule has 0 spiro atoms. The van der Waals surface area contributed by atoms with Gasteiger partial charge < -0.3 is 15.6 Å². The predicted molar refractivity (Wildman–Crippen MR) is 87.6 cm³/mol. The molecule has 130 valence electrons. The summed E-state index contributed by atoms with van der Waals surface area (Å²) in [5.74, 6) is -4.05. The number of thioether (sulfide) groups is 1. The van der Waals surface area contributed by atoms with Crippen LogP contribution in [-0.2, 0) is 9.59 Å². The SMILES string of the molecule is CSc1nc2c(c(=O)[nH]1)[C@H](C(=O)Nc1cc(F)ccc1F)CC(=O)N2. The van der Waals surface area contributed by atoms with E-state index in [1.165, 1.54) is 0 Å². The number of amides is 2. The Morgan fingerprint density at radius 1 is 1.36 bits per heavy atom. The van der Waals surface area contributed by atoms with Gasteiger partial charge in [-0.2, -0.15) is 0 Å². The van der Waals surface area contributed by atoms with E-state index in [0.717, 1.165) is 30.0 Å². The first-order chi connectivity index (χ1) is 11.9. The molecule has 1 aromatic carbocycles. The van der Waals surface area contributed by atoms with Crippen LogP contribution in [-0.4, -0.2) is 28.0 Å². The van der Waals surface area contributed by atoms with Crippen LogP contribution < -0.4 is 16.2 Å². The van der Waals surface area contributed by atoms with Gasteiger partial charge in [-0.05, 0) is 18.4 Å². The van der Waals surface area contributed by atoms with Gasteiger partial charge in [-0.3, -0.25) is 14.4 Å². The van der Waals surface area contributed by atoms with Crippen LogP contribution >= 0.6 is 11.8 Å². The molecule has 0 saturated carbocycles. The second-order valence-electron chi connectivity index (χ2n) is 5.26. The zero-order valence-corrected chi connectivity index (χ0v) is 13.7. The first-order valence-corrected chi connectivity index (χ1v) is 8.35. The van der Waals surface area contributed by atoms with Crippen LogP contribution in [0.4, 0.5) is 20.3 Å². The molecule has 10 heteroatoms. The van der Waals surface area contributed by atoms with E-state index in [2.05, 4.69) is 20.6 Å². The van der Waals surface area contributed by atoms with E-state index in [9.17, 15) is 23.2 Å². The van der Waals surface area contributed by atoms with Crippen LogP contribution in [0.2, 0.25) is 0 Å². The van der Waals surface area contributed by atoms with Gasteiger partial charge in [-0.15, -0.1) is 0 Å². The fourth-order valence-electron chi connectivity index (χ4n) is 2.48. The first kappa shape index (κ1) is 17.1. The quantitative estimate of drug-likeness (QED) is 0.568. The Bertz CT molecular complexity index is 931. The number of benzene rings is 1. The molecule has 1 aliphatic heterocycles. The molecule has 0 bridgehead atoms. The fourth-order valence-corrected chi connectivity index (χ4v) is 2.86. The average molecular weight is 366 g/mol. The lowest BCUT2D eigenvalue weighted by Crippen LogP contribution is -2.36. The van der Waals surface area contributed by atoms with Crippen molar-refractivity contribution in [3.05, 3.63) is 45.8 Å². The number of nitrogens with zero attached hydrogens (tertiary/aromatic N) is 1. The van der Waals surface area contributed by atoms with Crippen molar-refractivity contribution in [3.63, 3.8) is 0 Å². The molecule has 1 aromatic heterocycles. The van der Waals surface area contributed by atoms with Gasteiger partial charge in [0, 0.05) is 12.5 Å². The summed E-state index contributed by atoms with van der Waals surface area (Å²) in [5.41, 5.74) is -0.969. The molecule has 25 heavy (non-hydrogen) atoms. The zero-order chi connectivity index (χ0) is 18.1. The van der Waals surface area contributed by atoms with E-state index < -0.39 is 34.9 Å². The van der Waals surface area contributed by atoms with Gasteiger partial charge in [0.1, 0.15) is 17.5 Å². The summed E-state index contributed by atoms with van der Waals surface area (Å²) in [6.07, 6.45) is 1.38. The number of rotatable bonds is 3. The van der Waals surface area contributed by atoms with Crippen molar-refractivity contribution in [1.82, 2.24) is 9.97 Å². The van der Waals surface area contributed by atoms with Crippen LogP contribution in [0, 0.1) is 11.6 Å². The summed E-state index contributed by atoms with van der Waals surface area (Å²) < 4.78 is 26.9. The van der Waals surface area contributed by atoms with E-state index in [4.69, 9.17) is 0 Å². The number of halogens is 2. The second kappa shape index (κ2) is 6.63. The van der Waals surface area contributed by atoms with Crippen LogP contribution in [0.25, 0.3) is 0 Å². The maximum absolute atomic E-state index is 13.7. The Hall–Kier alpha value is -2.75. The maximum Gasteiger partial charge on any atom is 0.257 e. The molecule has 1 aliphatic rings. The Morgan fingerprint density at radius 2 is 2.12 bits per heavy atom. The minimum absolute atomic E-state index is 0.00999. The van der Waals surface area contributed by atoms with Gasteiger partial charge in [0.25, 0.3) is 5.56 Å². The summed E-state index contributed by atoms with van der Waals surface area (Å²) in [6.45, 7) is 0. The van der Waals surface area contributed by atoms with Crippen LogP contribution in [0.15, 0.2) is 28.2 Å². The number of carbonyl (C=O) groups is 2. The highest BCUT2D eigenvalue weighted by Crippen LogP contribution is 2.30. The highest BCUT2D eigenvalue weighted by atomic mass is 32.2. The predicted octanol–water partition coefficient (Wildman–Crippen LogP) is 1.83. The molecule has 2 aromatic rings. The maximum atomic E-state index is 13.7. The van der Waals surface area contributed by atoms with Crippen molar-refractivity contribution in [2.45, 2.75) is 17.5 Å². The molecule has 3 N–H and O–H groups in total. The van der Waals surface area contributed by atoms with Gasteiger partial charge >= 0.3 is 0 Å². The number of carbonyl (C=O) groups excluding carboxylic acids is 2. The van der Waals surface area contributed by atoms with E-state index in [0.29, 0.717) is 0 Å². The summed E-state index contributed by atoms with van der Waals surface area (Å²) in [5, 5.41) is 4.94. The Kier molecular flexibility index (Phi) is 4.53. The molecule has 1 atom stereocenters. The number of aromatic nitrogens is 2. The second-order valence-corrected chi connectivity index (χ2v) is 6.05. The number of nitrogens with one attached hydrogen (secondary N) is 3. The number of hydrogen-bond acceptors (Lipinski definition) is 5. The molecule has 7 nitrogen and oxygen atoms in total. The number of anilines is 2. The summed E-state index contributed by atoms with van der Waals surface area (Å²) in [4.78, 5) is 43.2. The molecule has 0 saturated heterocycles. The number of hydrogen-bond donors (Lipinski definition) is 3. The van der Waals surface area contributed by atoms with Crippen molar-refractivity contribution in [1.29, 1.82) is 0 Å². The highest BCUT2D eigenvalue weighted by Gasteiger charge is 2.35. The van der Waals surface area contributed by atoms with Crippen LogP contribution in [0.1, 0.15) is 17.9 Å². The molecular formula is C15H12F2N4O3S. The summed E-state index contributed by atoms with van der Waals surface area (Å²) in [6, 6.07) is 2.59. The molecule has 2 heterocycles. The number of aromatic amines is 1. The number of fused-ring (bicyclic) bond motifs is 1. The van der Waals surface area contributed by atoms with Gasteiger partial charge in [-0.1, -0.05) is 11.8 Å². The molecule has 0 radical (unpaired) electrons. The fraction of sp³-hybridized carbons (Fsp3) is 0.200. The minimum Gasteiger partial charge on any atom is -0.323 e. The molecule has 0 unspecified atom stereocenters. The minimum atomic E-state index is -1.17. The summed E-state index contributed by atoms with van der Waals surface area (Å²) in [7, 11) is 0. The van der Waals surface area contributed by atoms with Crippen LogP contribution in [0.3, 0.4) is 0 Å². The normalized spacial score (nSPS) is 16.1. The van der Waals surface area contributed by atoms with Crippen molar-refractivity contribution < 1.29 is 18.4 Å². The van der Waals surface area contributed by atoms with Crippen molar-refractivity contribution in [3.8, 4) is 0 Å². The largest absolute Gasteiger partial charge is 0.323 e. The third kappa shape index (κ3) is 3.38. The van der Waals surface area contributed by atoms with Gasteiger partial charge in [0.05, 0.1) is 17.2 Å². The topological polar surface area (TPSA) is 104 Å². The summed E-state index contributed by atoms with van der Waals surface area (Å²) >= 11 is 1.16. The highest BCUT2D eigenvalue weighted by molar-refractivity contribution is 7.98. The smallest absolute Gasteiger partial charge is 0.257 e. The average Bonchev–Trinajstić information content (AvgIpc) is 2.56. The Balaban J connectivity index is 1.98. The molecular weight excluding hydrogens is 354 g/mol. The van der Waals surface area contributed by atoms with E-state index >= 15 is 0 Å². The monoisotopic (exact) mass is 366 g/mol.